The van der Waals surface area contributed by atoms with Gasteiger partial charge in [0, 0.05) is 17.7 Å². The molecule has 0 spiro atoms. The lowest BCUT2D eigenvalue weighted by molar-refractivity contribution is -0.123. The molecule has 7 heteroatoms. The summed E-state index contributed by atoms with van der Waals surface area (Å²) in [7, 11) is 0. The van der Waals surface area contributed by atoms with Crippen LogP contribution in [0.5, 0.6) is 5.75 Å². The fraction of sp³-hybridized carbons (Fsp3) is 0.318. The Balaban J connectivity index is 1.77. The van der Waals surface area contributed by atoms with E-state index in [4.69, 9.17) is 4.74 Å². The number of hydrogen-bond acceptors (Lipinski definition) is 4. The fourth-order valence-corrected chi connectivity index (χ4v) is 2.61. The Morgan fingerprint density at radius 1 is 0.931 bits per heavy atom. The van der Waals surface area contributed by atoms with Gasteiger partial charge in [0.05, 0.1) is 0 Å². The Morgan fingerprint density at radius 2 is 1.66 bits per heavy atom. The summed E-state index contributed by atoms with van der Waals surface area (Å²) in [5.74, 6) is -0.374. The van der Waals surface area contributed by atoms with E-state index in [0.29, 0.717) is 23.4 Å². The van der Waals surface area contributed by atoms with Gasteiger partial charge in [-0.1, -0.05) is 31.0 Å². The maximum Gasteiger partial charge on any atom is 0.276 e. The molecule has 29 heavy (non-hydrogen) atoms. The van der Waals surface area contributed by atoms with E-state index >= 15 is 0 Å². The molecule has 0 saturated carbocycles. The number of rotatable bonds is 8. The summed E-state index contributed by atoms with van der Waals surface area (Å²) in [6.07, 6.45) is 2.25. The van der Waals surface area contributed by atoms with Gasteiger partial charge in [0.25, 0.3) is 11.8 Å². The van der Waals surface area contributed by atoms with Gasteiger partial charge in [-0.3, -0.25) is 25.2 Å². The third kappa shape index (κ3) is 7.29. The van der Waals surface area contributed by atoms with Gasteiger partial charge in [-0.15, -0.1) is 0 Å². The maximum absolute atomic E-state index is 12.1. The summed E-state index contributed by atoms with van der Waals surface area (Å²) in [4.78, 5) is 35.7. The average Bonchev–Trinajstić information content (AvgIpc) is 2.70. The van der Waals surface area contributed by atoms with Crippen LogP contribution in [0.2, 0.25) is 0 Å². The predicted molar refractivity (Wildman–Crippen MR) is 112 cm³/mol. The van der Waals surface area contributed by atoms with Crippen molar-refractivity contribution in [1.29, 1.82) is 0 Å². The monoisotopic (exact) mass is 397 g/mol. The highest BCUT2D eigenvalue weighted by atomic mass is 16.5. The zero-order chi connectivity index (χ0) is 21.2. The number of ether oxygens (including phenoxy) is 1. The van der Waals surface area contributed by atoms with Crippen molar-refractivity contribution in [3.63, 3.8) is 0 Å². The average molecular weight is 397 g/mol. The summed E-state index contributed by atoms with van der Waals surface area (Å²) in [5.41, 5.74) is 7.68. The predicted octanol–water partition coefficient (Wildman–Crippen LogP) is 3.27. The van der Waals surface area contributed by atoms with Crippen LogP contribution in [0.15, 0.2) is 42.5 Å². The molecule has 0 fully saturated rings. The van der Waals surface area contributed by atoms with E-state index in [9.17, 15) is 14.4 Å². The van der Waals surface area contributed by atoms with E-state index in [0.717, 1.165) is 24.0 Å². The molecule has 0 bridgehead atoms. The summed E-state index contributed by atoms with van der Waals surface area (Å²) in [5, 5.41) is 2.78. The molecule has 3 amide bonds. The number of nitrogens with one attached hydrogen (secondary N) is 3. The largest absolute Gasteiger partial charge is 0.483 e. The highest BCUT2D eigenvalue weighted by molar-refractivity contribution is 5.96. The molecule has 3 N–H and O–H groups in total. The van der Waals surface area contributed by atoms with E-state index in [-0.39, 0.29) is 12.5 Å². The molecule has 2 rings (SSSR count). The van der Waals surface area contributed by atoms with Crippen molar-refractivity contribution in [2.45, 2.75) is 40.0 Å². The summed E-state index contributed by atoms with van der Waals surface area (Å²) in [6, 6.07) is 12.1. The number of benzene rings is 2. The van der Waals surface area contributed by atoms with Gasteiger partial charge in [0.15, 0.2) is 6.61 Å². The van der Waals surface area contributed by atoms with Crippen LogP contribution in [0.3, 0.4) is 0 Å². The number of anilines is 1. The minimum atomic E-state index is -0.474. The summed E-state index contributed by atoms with van der Waals surface area (Å²) in [6.45, 7) is 5.69. The van der Waals surface area contributed by atoms with Crippen LogP contribution in [0.1, 0.15) is 47.7 Å². The van der Waals surface area contributed by atoms with Gasteiger partial charge in [0.1, 0.15) is 5.75 Å². The second-order valence-electron chi connectivity index (χ2n) is 6.79. The number of amides is 3. The highest BCUT2D eigenvalue weighted by Gasteiger charge is 2.09. The van der Waals surface area contributed by atoms with Crippen molar-refractivity contribution in [3.05, 3.63) is 59.2 Å². The van der Waals surface area contributed by atoms with Crippen molar-refractivity contribution in [2.24, 2.45) is 0 Å². The summed E-state index contributed by atoms with van der Waals surface area (Å²) >= 11 is 0. The number of carbonyl (C=O) groups is 3. The van der Waals surface area contributed by atoms with Gasteiger partial charge >= 0.3 is 0 Å². The molecule has 0 radical (unpaired) electrons. The van der Waals surface area contributed by atoms with Gasteiger partial charge in [-0.05, 0) is 56.2 Å². The first-order valence-corrected chi connectivity index (χ1v) is 9.58. The molecular formula is C22H27N3O4. The van der Waals surface area contributed by atoms with Crippen molar-refractivity contribution in [3.8, 4) is 5.75 Å². The Labute approximate surface area is 170 Å². The molecule has 0 aliphatic carbocycles. The second-order valence-corrected chi connectivity index (χ2v) is 6.79. The normalized spacial score (nSPS) is 10.2. The Bertz CT molecular complexity index is 863. The lowest BCUT2D eigenvalue weighted by Crippen LogP contribution is -2.43. The molecular weight excluding hydrogens is 370 g/mol. The van der Waals surface area contributed by atoms with Gasteiger partial charge < -0.3 is 10.1 Å². The van der Waals surface area contributed by atoms with Gasteiger partial charge in [-0.2, -0.15) is 0 Å². The molecule has 0 atom stereocenters. The fourth-order valence-electron chi connectivity index (χ4n) is 2.61. The molecule has 0 aliphatic rings. The SMILES string of the molecule is CCCCC(=O)Nc1ccc(C(=O)NNC(=O)COc2ccc(C)cc2C)cc1. The van der Waals surface area contributed by atoms with Crippen LogP contribution in [-0.2, 0) is 9.59 Å². The van der Waals surface area contributed by atoms with Crippen LogP contribution >= 0.6 is 0 Å². The van der Waals surface area contributed by atoms with Crippen LogP contribution in [-0.4, -0.2) is 24.3 Å². The number of carbonyl (C=O) groups excluding carboxylic acids is 3. The molecule has 2 aromatic rings. The van der Waals surface area contributed by atoms with E-state index < -0.39 is 11.8 Å². The maximum atomic E-state index is 12.1. The number of aryl methyl sites for hydroxylation is 2. The van der Waals surface area contributed by atoms with Crippen LogP contribution in [0, 0.1) is 13.8 Å². The topological polar surface area (TPSA) is 96.5 Å². The smallest absolute Gasteiger partial charge is 0.276 e. The van der Waals surface area contributed by atoms with Crippen molar-refractivity contribution in [1.82, 2.24) is 10.9 Å². The van der Waals surface area contributed by atoms with E-state index in [1.807, 2.05) is 32.9 Å². The minimum absolute atomic E-state index is 0.0554. The molecule has 154 valence electrons. The zero-order valence-electron chi connectivity index (χ0n) is 17.0. The molecule has 0 aromatic heterocycles. The van der Waals surface area contributed by atoms with Crippen molar-refractivity contribution < 1.29 is 19.1 Å². The third-order valence-electron chi connectivity index (χ3n) is 4.19. The third-order valence-corrected chi connectivity index (χ3v) is 4.19. The molecule has 0 heterocycles. The van der Waals surface area contributed by atoms with Crippen molar-refractivity contribution >= 4 is 23.4 Å². The quantitative estimate of drug-likeness (QED) is 0.596. The van der Waals surface area contributed by atoms with E-state index in [1.165, 1.54) is 0 Å². The minimum Gasteiger partial charge on any atom is -0.483 e. The van der Waals surface area contributed by atoms with Crippen LogP contribution in [0.25, 0.3) is 0 Å². The Morgan fingerprint density at radius 3 is 2.31 bits per heavy atom. The standard InChI is InChI=1S/C22H27N3O4/c1-4-5-6-20(26)23-18-10-8-17(9-11-18)22(28)25-24-21(27)14-29-19-12-7-15(2)13-16(19)3/h7-13H,4-6,14H2,1-3H3,(H,23,26)(H,24,27)(H,25,28). The molecule has 2 aromatic carbocycles. The molecule has 0 aliphatic heterocycles. The first-order chi connectivity index (χ1) is 13.9. The first-order valence-electron chi connectivity index (χ1n) is 9.58. The zero-order valence-corrected chi connectivity index (χ0v) is 17.0. The van der Waals surface area contributed by atoms with Gasteiger partial charge in [0.2, 0.25) is 5.91 Å². The molecule has 0 unspecified atom stereocenters. The Hall–Kier alpha value is -3.35. The van der Waals surface area contributed by atoms with Gasteiger partial charge in [-0.25, -0.2) is 0 Å². The molecule has 7 nitrogen and oxygen atoms in total. The Kier molecular flexibility index (Phi) is 8.21. The second kappa shape index (κ2) is 10.8. The van der Waals surface area contributed by atoms with Crippen LogP contribution < -0.4 is 20.9 Å². The number of hydrogen-bond donors (Lipinski definition) is 3. The van der Waals surface area contributed by atoms with E-state index in [2.05, 4.69) is 16.2 Å². The number of hydrazine groups is 1. The van der Waals surface area contributed by atoms with Crippen molar-refractivity contribution in [2.75, 3.05) is 11.9 Å². The van der Waals surface area contributed by atoms with Crippen LogP contribution in [0.4, 0.5) is 5.69 Å². The lowest BCUT2D eigenvalue weighted by atomic mass is 10.1. The molecule has 0 saturated heterocycles. The number of unbranched alkanes of at least 4 members (excludes halogenated alkanes) is 1. The lowest BCUT2D eigenvalue weighted by Gasteiger charge is -2.11. The first kappa shape index (κ1) is 21.9. The summed E-state index contributed by atoms with van der Waals surface area (Å²) < 4.78 is 5.47. The highest BCUT2D eigenvalue weighted by Crippen LogP contribution is 2.18. The van der Waals surface area contributed by atoms with E-state index in [1.54, 1.807) is 30.3 Å².